The fourth-order valence-electron chi connectivity index (χ4n) is 1.89. The molecule has 2 aliphatic heterocycles. The Labute approximate surface area is 111 Å². The van der Waals surface area contributed by atoms with Gasteiger partial charge in [-0.15, -0.1) is 0 Å². The molecule has 1 unspecified atom stereocenters. The van der Waals surface area contributed by atoms with Gasteiger partial charge < -0.3 is 0 Å². The number of carbonyl (C=O) groups excluding carboxylic acids is 2. The number of nitrogens with zero attached hydrogens (tertiary/aromatic N) is 2. The van der Waals surface area contributed by atoms with Gasteiger partial charge in [0.1, 0.15) is 0 Å². The highest BCUT2D eigenvalue weighted by atomic mass is 32.2. The maximum Gasteiger partial charge on any atom is 0.274 e. The molecule has 0 saturated carbocycles. The van der Waals surface area contributed by atoms with E-state index >= 15 is 0 Å². The fraction of sp³-hybridized carbons (Fsp3) is 0.583. The van der Waals surface area contributed by atoms with E-state index < -0.39 is 6.04 Å². The first-order valence-electron chi connectivity index (χ1n) is 6.19. The van der Waals surface area contributed by atoms with Crippen LogP contribution in [0, 0.1) is 0 Å². The lowest BCUT2D eigenvalue weighted by molar-refractivity contribution is -0.136. The molecule has 1 fully saturated rings. The minimum absolute atomic E-state index is 0.158. The van der Waals surface area contributed by atoms with Crippen LogP contribution in [0.1, 0.15) is 19.8 Å². The number of allylic oxidation sites excluding steroid dienone is 1. The molecule has 0 bridgehead atoms. The summed E-state index contributed by atoms with van der Waals surface area (Å²) in [5.74, 6) is 0.304. The van der Waals surface area contributed by atoms with Crippen molar-refractivity contribution in [1.82, 2.24) is 10.2 Å². The van der Waals surface area contributed by atoms with Crippen molar-refractivity contribution in [3.8, 4) is 0 Å². The van der Waals surface area contributed by atoms with Gasteiger partial charge >= 0.3 is 0 Å². The fourth-order valence-corrected chi connectivity index (χ4v) is 2.84. The predicted molar refractivity (Wildman–Crippen MR) is 72.5 cm³/mol. The van der Waals surface area contributed by atoms with E-state index in [2.05, 4.69) is 23.3 Å². The molecule has 5 nitrogen and oxygen atoms in total. The molecule has 2 heterocycles. The van der Waals surface area contributed by atoms with E-state index in [4.69, 9.17) is 0 Å². The standard InChI is InChI=1S/C12H17N3O2S/c1-2-3-4-5-6-13-9-10(16)14-12-15(11(9)17)7-8-18-12/h3-4,9,13H,2,5-8H2,1H3. The highest BCUT2D eigenvalue weighted by Crippen LogP contribution is 2.22. The summed E-state index contributed by atoms with van der Waals surface area (Å²) in [5.41, 5.74) is 0. The summed E-state index contributed by atoms with van der Waals surface area (Å²) in [7, 11) is 0. The maximum atomic E-state index is 12.1. The highest BCUT2D eigenvalue weighted by molar-refractivity contribution is 8.14. The number of hydrogen-bond acceptors (Lipinski definition) is 4. The quantitative estimate of drug-likeness (QED) is 0.454. The first-order chi connectivity index (χ1) is 8.74. The van der Waals surface area contributed by atoms with Crippen molar-refractivity contribution in [2.45, 2.75) is 25.8 Å². The van der Waals surface area contributed by atoms with Crippen molar-refractivity contribution in [1.29, 1.82) is 0 Å². The van der Waals surface area contributed by atoms with Crippen LogP contribution in [0.25, 0.3) is 0 Å². The number of amidine groups is 1. The first-order valence-corrected chi connectivity index (χ1v) is 7.17. The Hall–Kier alpha value is -1.14. The number of aliphatic imine (C=N–C) groups is 1. The number of thioether (sulfide) groups is 1. The summed E-state index contributed by atoms with van der Waals surface area (Å²) in [6, 6.07) is -0.789. The summed E-state index contributed by atoms with van der Waals surface area (Å²) in [4.78, 5) is 29.4. The van der Waals surface area contributed by atoms with Gasteiger partial charge in [0.25, 0.3) is 11.8 Å². The van der Waals surface area contributed by atoms with Crippen LogP contribution < -0.4 is 5.32 Å². The molecular formula is C12H17N3O2S. The van der Waals surface area contributed by atoms with Crippen LogP contribution in [0.3, 0.4) is 0 Å². The number of amides is 2. The Morgan fingerprint density at radius 1 is 1.50 bits per heavy atom. The second-order valence-electron chi connectivity index (χ2n) is 4.13. The van der Waals surface area contributed by atoms with E-state index in [0.29, 0.717) is 18.3 Å². The van der Waals surface area contributed by atoms with Crippen LogP contribution >= 0.6 is 11.8 Å². The molecule has 2 rings (SSSR count). The molecule has 0 spiro atoms. The van der Waals surface area contributed by atoms with Crippen LogP contribution in [-0.2, 0) is 9.59 Å². The zero-order valence-corrected chi connectivity index (χ0v) is 11.2. The van der Waals surface area contributed by atoms with Gasteiger partial charge in [0, 0.05) is 12.3 Å². The van der Waals surface area contributed by atoms with Gasteiger partial charge in [0.05, 0.1) is 0 Å². The maximum absolute atomic E-state index is 12.1. The Bertz CT molecular complexity index is 406. The minimum atomic E-state index is -0.789. The van der Waals surface area contributed by atoms with Crippen LogP contribution in [0.5, 0.6) is 0 Å². The molecule has 6 heteroatoms. The largest absolute Gasteiger partial charge is 0.298 e. The molecule has 1 atom stereocenters. The topological polar surface area (TPSA) is 61.8 Å². The van der Waals surface area contributed by atoms with Crippen molar-refractivity contribution in [2.75, 3.05) is 18.8 Å². The Morgan fingerprint density at radius 3 is 3.11 bits per heavy atom. The van der Waals surface area contributed by atoms with E-state index in [-0.39, 0.29) is 11.8 Å². The van der Waals surface area contributed by atoms with Crippen LogP contribution in [0.2, 0.25) is 0 Å². The molecule has 1 N–H and O–H groups in total. The third kappa shape index (κ3) is 2.81. The van der Waals surface area contributed by atoms with Crippen molar-refractivity contribution < 1.29 is 9.59 Å². The summed E-state index contributed by atoms with van der Waals surface area (Å²) in [6.45, 7) is 3.34. The summed E-state index contributed by atoms with van der Waals surface area (Å²) in [5, 5.41) is 3.55. The summed E-state index contributed by atoms with van der Waals surface area (Å²) >= 11 is 1.47. The number of fused-ring (bicyclic) bond motifs is 1. The van der Waals surface area contributed by atoms with Crippen LogP contribution in [0.15, 0.2) is 17.1 Å². The minimum Gasteiger partial charge on any atom is -0.298 e. The van der Waals surface area contributed by atoms with E-state index in [9.17, 15) is 9.59 Å². The molecule has 0 aromatic rings. The lowest BCUT2D eigenvalue weighted by atomic mass is 10.2. The van der Waals surface area contributed by atoms with Gasteiger partial charge in [-0.3, -0.25) is 19.8 Å². The number of carbonyl (C=O) groups is 2. The molecule has 0 aromatic carbocycles. The Balaban J connectivity index is 1.91. The van der Waals surface area contributed by atoms with Crippen LogP contribution in [0.4, 0.5) is 0 Å². The molecule has 2 amide bonds. The Morgan fingerprint density at radius 2 is 2.33 bits per heavy atom. The predicted octanol–water partition coefficient (Wildman–Crippen LogP) is 0.772. The monoisotopic (exact) mass is 267 g/mol. The summed E-state index contributed by atoms with van der Waals surface area (Å²) in [6.07, 6.45) is 5.93. The molecule has 0 radical (unpaired) electrons. The third-order valence-corrected chi connectivity index (χ3v) is 3.76. The molecule has 0 aromatic heterocycles. The van der Waals surface area contributed by atoms with Gasteiger partial charge in [0.15, 0.2) is 11.2 Å². The average molecular weight is 267 g/mol. The molecule has 1 saturated heterocycles. The zero-order chi connectivity index (χ0) is 13.0. The van der Waals surface area contributed by atoms with Crippen molar-refractivity contribution in [3.05, 3.63) is 12.2 Å². The molecular weight excluding hydrogens is 250 g/mol. The molecule has 2 aliphatic rings. The highest BCUT2D eigenvalue weighted by Gasteiger charge is 2.39. The van der Waals surface area contributed by atoms with Crippen molar-refractivity contribution >= 4 is 28.7 Å². The van der Waals surface area contributed by atoms with E-state index in [1.54, 1.807) is 4.90 Å². The summed E-state index contributed by atoms with van der Waals surface area (Å²) < 4.78 is 0. The van der Waals surface area contributed by atoms with Crippen molar-refractivity contribution in [2.24, 2.45) is 4.99 Å². The molecule has 0 aliphatic carbocycles. The molecule has 18 heavy (non-hydrogen) atoms. The van der Waals surface area contributed by atoms with E-state index in [1.165, 1.54) is 11.8 Å². The lowest BCUT2D eigenvalue weighted by Crippen LogP contribution is -2.54. The first kappa shape index (κ1) is 13.3. The average Bonchev–Trinajstić information content (AvgIpc) is 2.80. The normalized spacial score (nSPS) is 23.7. The SMILES string of the molecule is CCC=CCCNC1C(=O)N=C2SCCN2C1=O. The van der Waals surface area contributed by atoms with E-state index in [1.807, 2.05) is 6.08 Å². The third-order valence-electron chi connectivity index (χ3n) is 2.80. The van der Waals surface area contributed by atoms with E-state index in [0.717, 1.165) is 18.6 Å². The van der Waals surface area contributed by atoms with Crippen LogP contribution in [-0.4, -0.2) is 46.8 Å². The smallest absolute Gasteiger partial charge is 0.274 e. The second kappa shape index (κ2) is 6.15. The lowest BCUT2D eigenvalue weighted by Gasteiger charge is -2.25. The zero-order valence-electron chi connectivity index (χ0n) is 10.4. The van der Waals surface area contributed by atoms with Gasteiger partial charge in [-0.05, 0) is 19.4 Å². The van der Waals surface area contributed by atoms with Gasteiger partial charge in [0.2, 0.25) is 0 Å². The number of hydrogen-bond donors (Lipinski definition) is 1. The van der Waals surface area contributed by atoms with Gasteiger partial charge in [-0.2, -0.15) is 4.99 Å². The number of nitrogens with one attached hydrogen (secondary N) is 1. The van der Waals surface area contributed by atoms with Crippen molar-refractivity contribution in [3.63, 3.8) is 0 Å². The second-order valence-corrected chi connectivity index (χ2v) is 5.19. The molecule has 98 valence electrons. The number of rotatable bonds is 5. The van der Waals surface area contributed by atoms with Gasteiger partial charge in [-0.25, -0.2) is 0 Å². The van der Waals surface area contributed by atoms with Gasteiger partial charge in [-0.1, -0.05) is 30.8 Å². The Kier molecular flexibility index (Phi) is 4.54.